The SMILES string of the molecule is CC(C)CN(CC(=S)[S-])CC(C)C.CC(C)CN(CC(C)C)C(=S)[S-].[Zn+2]. The second-order valence-electron chi connectivity index (χ2n) is 8.31. The van der Waals surface area contributed by atoms with Gasteiger partial charge in [0.05, 0.1) is 0 Å². The summed E-state index contributed by atoms with van der Waals surface area (Å²) in [4.78, 5) is 4.46. The molecule has 0 aliphatic carbocycles. The largest absolute Gasteiger partial charge is 2.00 e. The summed E-state index contributed by atoms with van der Waals surface area (Å²) in [5.41, 5.74) is 0. The molecule has 0 aromatic rings. The van der Waals surface area contributed by atoms with Gasteiger partial charge in [-0.3, -0.25) is 0 Å². The van der Waals surface area contributed by atoms with E-state index >= 15 is 0 Å². The van der Waals surface area contributed by atoms with Crippen molar-refractivity contribution in [3.63, 3.8) is 0 Å². The first-order valence-electron chi connectivity index (χ1n) is 9.23. The van der Waals surface area contributed by atoms with Crippen LogP contribution >= 0.6 is 24.4 Å². The number of hydrogen-bond acceptors (Lipinski definition) is 5. The minimum Gasteiger partial charge on any atom is -0.432 e. The summed E-state index contributed by atoms with van der Waals surface area (Å²) in [5.74, 6) is 2.63. The second-order valence-corrected chi connectivity index (χ2v) is 10.6. The summed E-state index contributed by atoms with van der Waals surface area (Å²) in [6.45, 7) is 22.6. The van der Waals surface area contributed by atoms with Crippen LogP contribution in [0.3, 0.4) is 0 Å². The minimum absolute atomic E-state index is 0. The first-order chi connectivity index (χ1) is 11.3. The van der Waals surface area contributed by atoms with Gasteiger partial charge >= 0.3 is 19.5 Å². The van der Waals surface area contributed by atoms with Crippen molar-refractivity contribution < 1.29 is 19.5 Å². The van der Waals surface area contributed by atoms with E-state index in [9.17, 15) is 0 Å². The molecular formula is C19H38N2S4Zn. The fourth-order valence-electron chi connectivity index (χ4n) is 2.52. The van der Waals surface area contributed by atoms with Crippen LogP contribution in [0.15, 0.2) is 0 Å². The van der Waals surface area contributed by atoms with Gasteiger partial charge in [0, 0.05) is 32.7 Å². The quantitative estimate of drug-likeness (QED) is 0.244. The number of rotatable bonds is 10. The van der Waals surface area contributed by atoms with Crippen molar-refractivity contribution in [2.75, 3.05) is 32.7 Å². The summed E-state index contributed by atoms with van der Waals surface area (Å²) >= 11 is 19.9. The summed E-state index contributed by atoms with van der Waals surface area (Å²) in [6.07, 6.45) is 0. The van der Waals surface area contributed by atoms with Gasteiger partial charge in [-0.15, -0.1) is 4.20 Å². The Morgan fingerprint density at radius 2 is 1.00 bits per heavy atom. The Morgan fingerprint density at radius 3 is 1.19 bits per heavy atom. The van der Waals surface area contributed by atoms with Crippen molar-refractivity contribution in [3.8, 4) is 0 Å². The molecule has 0 aromatic heterocycles. The third kappa shape index (κ3) is 23.0. The molecule has 150 valence electrons. The van der Waals surface area contributed by atoms with Crippen LogP contribution in [0.2, 0.25) is 0 Å². The van der Waals surface area contributed by atoms with Crippen LogP contribution in [0.5, 0.6) is 0 Å². The zero-order valence-corrected chi connectivity index (χ0v) is 24.3. The summed E-state index contributed by atoms with van der Waals surface area (Å²) in [6, 6.07) is 0. The molecule has 0 spiro atoms. The molecule has 2 nitrogen and oxygen atoms in total. The van der Waals surface area contributed by atoms with Crippen LogP contribution in [0.25, 0.3) is 0 Å². The molecule has 0 atom stereocenters. The third-order valence-electron chi connectivity index (χ3n) is 3.03. The molecule has 0 N–H and O–H groups in total. The van der Waals surface area contributed by atoms with Crippen molar-refractivity contribution >= 4 is 58.2 Å². The standard InChI is InChI=1S/C10H21NS2.C9H19NS2.Zn/c1-8(2)5-11(6-9(3)4)7-10(12)13;1-7(2)5-10(9(11)12)6-8(3)4;/h8-9H,5-7H2,1-4H3,(H,12,13);7-8H,5-6H2,1-4H3,(H,11,12);/q;;+2/p-2. The first-order valence-corrected chi connectivity index (χ1v) is 10.9. The molecule has 0 amide bonds. The van der Waals surface area contributed by atoms with Gasteiger partial charge in [-0.05, 0) is 23.7 Å². The average Bonchev–Trinajstić information content (AvgIpc) is 2.34. The maximum absolute atomic E-state index is 4.99. The molecular weight excluding hydrogens is 450 g/mol. The van der Waals surface area contributed by atoms with E-state index in [0.29, 0.717) is 32.2 Å². The van der Waals surface area contributed by atoms with Crippen LogP contribution in [-0.2, 0) is 44.7 Å². The zero-order chi connectivity index (χ0) is 20.2. The van der Waals surface area contributed by atoms with Crippen molar-refractivity contribution in [1.82, 2.24) is 9.80 Å². The van der Waals surface area contributed by atoms with Crippen LogP contribution in [0.1, 0.15) is 55.4 Å². The van der Waals surface area contributed by atoms with Crippen LogP contribution in [0.4, 0.5) is 0 Å². The zero-order valence-electron chi connectivity index (χ0n) is 18.1. The Kier molecular flexibility index (Phi) is 22.0. The predicted octanol–water partition coefficient (Wildman–Crippen LogP) is 4.90. The number of thiocarbonyl (C=S) groups is 2. The molecule has 0 saturated carbocycles. The van der Waals surface area contributed by atoms with Gasteiger partial charge in [0.1, 0.15) is 0 Å². The van der Waals surface area contributed by atoms with E-state index in [1.807, 2.05) is 0 Å². The van der Waals surface area contributed by atoms with Crippen LogP contribution in [-0.4, -0.2) is 51.0 Å². The minimum atomic E-state index is 0. The molecule has 0 radical (unpaired) electrons. The Balaban J connectivity index is -0.000000393. The van der Waals surface area contributed by atoms with Crippen molar-refractivity contribution in [2.45, 2.75) is 55.4 Å². The fraction of sp³-hybridized carbons (Fsp3) is 0.895. The van der Waals surface area contributed by atoms with Gasteiger partial charge in [0.25, 0.3) is 0 Å². The Hall–Kier alpha value is 1.00. The molecule has 0 heterocycles. The molecule has 0 aliphatic rings. The van der Waals surface area contributed by atoms with E-state index in [1.165, 1.54) is 0 Å². The molecule has 0 unspecified atom stereocenters. The molecule has 7 heteroatoms. The second kappa shape index (κ2) is 18.1. The molecule has 0 rings (SSSR count). The van der Waals surface area contributed by atoms with Crippen LogP contribution in [0, 0.1) is 23.7 Å². The van der Waals surface area contributed by atoms with Gasteiger partial charge in [-0.2, -0.15) is 0 Å². The van der Waals surface area contributed by atoms with Gasteiger partial charge in [0.2, 0.25) is 0 Å². The van der Waals surface area contributed by atoms with Gasteiger partial charge in [-0.1, -0.05) is 59.7 Å². The van der Waals surface area contributed by atoms with Crippen molar-refractivity contribution in [1.29, 1.82) is 0 Å². The van der Waals surface area contributed by atoms with E-state index < -0.39 is 0 Å². The predicted molar refractivity (Wildman–Crippen MR) is 127 cm³/mol. The van der Waals surface area contributed by atoms with Crippen molar-refractivity contribution in [2.24, 2.45) is 23.7 Å². The monoisotopic (exact) mass is 486 g/mol. The molecule has 0 aromatic carbocycles. The third-order valence-corrected chi connectivity index (χ3v) is 3.80. The Bertz CT molecular complexity index is 355. The van der Waals surface area contributed by atoms with Gasteiger partial charge < -0.3 is 59.5 Å². The van der Waals surface area contributed by atoms with E-state index in [2.05, 4.69) is 65.2 Å². The molecule has 0 aliphatic heterocycles. The van der Waals surface area contributed by atoms with Gasteiger partial charge in [-0.25, -0.2) is 0 Å². The van der Waals surface area contributed by atoms with E-state index in [1.54, 1.807) is 0 Å². The van der Waals surface area contributed by atoms with E-state index in [4.69, 9.17) is 49.7 Å². The Labute approximate surface area is 198 Å². The van der Waals surface area contributed by atoms with Crippen LogP contribution < -0.4 is 0 Å². The van der Waals surface area contributed by atoms with E-state index in [-0.39, 0.29) is 19.5 Å². The normalized spacial score (nSPS) is 10.8. The fourth-order valence-corrected chi connectivity index (χ4v) is 3.19. The summed E-state index contributed by atoms with van der Waals surface area (Å²) in [5, 5.41) is 0. The topological polar surface area (TPSA) is 6.48 Å². The number of hydrogen-bond donors (Lipinski definition) is 0. The number of nitrogens with zero attached hydrogens (tertiary/aromatic N) is 2. The molecule has 0 fully saturated rings. The maximum Gasteiger partial charge on any atom is 2.00 e. The van der Waals surface area contributed by atoms with Crippen molar-refractivity contribution in [3.05, 3.63) is 0 Å². The molecule has 0 bridgehead atoms. The maximum atomic E-state index is 4.99. The Morgan fingerprint density at radius 1 is 0.692 bits per heavy atom. The average molecular weight is 488 g/mol. The summed E-state index contributed by atoms with van der Waals surface area (Å²) < 4.78 is 1.29. The van der Waals surface area contributed by atoms with Gasteiger partial charge in [0.15, 0.2) is 0 Å². The summed E-state index contributed by atoms with van der Waals surface area (Å²) in [7, 11) is 0. The molecule has 0 saturated heterocycles. The molecule has 26 heavy (non-hydrogen) atoms. The smallest absolute Gasteiger partial charge is 0.432 e. The first kappa shape index (κ1) is 31.7. The van der Waals surface area contributed by atoms with E-state index in [0.717, 1.165) is 32.7 Å².